The third-order valence-corrected chi connectivity index (χ3v) is 4.33. The molecule has 0 spiro atoms. The number of unbranched alkanes of at least 4 members (excludes halogenated alkanes) is 5. The number of hydrogen-bond donors (Lipinski definition) is 1. The van der Waals surface area contributed by atoms with Crippen molar-refractivity contribution in [2.75, 3.05) is 13.1 Å². The lowest BCUT2D eigenvalue weighted by Gasteiger charge is -2.04. The van der Waals surface area contributed by atoms with Crippen molar-refractivity contribution in [3.05, 3.63) is 11.9 Å². The molecule has 0 radical (unpaired) electrons. The molecule has 138 valence electrons. The predicted molar refractivity (Wildman–Crippen MR) is 99.1 cm³/mol. The molecule has 0 atom stereocenters. The molecule has 0 saturated carbocycles. The highest BCUT2D eigenvalue weighted by Crippen LogP contribution is 2.11. The van der Waals surface area contributed by atoms with Crippen molar-refractivity contribution in [3.8, 4) is 0 Å². The summed E-state index contributed by atoms with van der Waals surface area (Å²) in [5.74, 6) is 0.602. The summed E-state index contributed by atoms with van der Waals surface area (Å²) in [4.78, 5) is 11.5. The number of carbonyl (C=O) groups is 1. The molecule has 1 aromatic rings. The monoisotopic (exact) mass is 336 g/mol. The van der Waals surface area contributed by atoms with Gasteiger partial charge in [-0.05, 0) is 38.8 Å². The van der Waals surface area contributed by atoms with Crippen LogP contribution in [0.15, 0.2) is 6.20 Å². The predicted octanol–water partition coefficient (Wildman–Crippen LogP) is 3.78. The van der Waals surface area contributed by atoms with E-state index in [1.165, 1.54) is 32.1 Å². The fourth-order valence-electron chi connectivity index (χ4n) is 2.71. The molecule has 0 fully saturated rings. The topological polar surface area (TPSA) is 59.8 Å². The minimum absolute atomic E-state index is 0.196. The number of aromatic nitrogens is 3. The molecule has 1 aromatic heterocycles. The average molecular weight is 337 g/mol. The van der Waals surface area contributed by atoms with Crippen molar-refractivity contribution in [3.63, 3.8) is 0 Å². The number of nitrogens with one attached hydrogen (secondary N) is 1. The van der Waals surface area contributed by atoms with E-state index in [2.05, 4.69) is 28.7 Å². The van der Waals surface area contributed by atoms with Crippen molar-refractivity contribution in [1.29, 1.82) is 0 Å². The van der Waals surface area contributed by atoms with Gasteiger partial charge in [0.2, 0.25) is 0 Å². The van der Waals surface area contributed by atoms with Crippen molar-refractivity contribution >= 4 is 5.78 Å². The molecule has 0 bridgehead atoms. The molecule has 0 aromatic carbocycles. The Morgan fingerprint density at radius 1 is 1.12 bits per heavy atom. The summed E-state index contributed by atoms with van der Waals surface area (Å²) >= 11 is 0. The van der Waals surface area contributed by atoms with E-state index < -0.39 is 0 Å². The van der Waals surface area contributed by atoms with E-state index in [0.717, 1.165) is 51.0 Å². The lowest BCUT2D eigenvalue weighted by molar-refractivity contribution is -0.122. The Kier molecular flexibility index (Phi) is 11.4. The Labute approximate surface area is 147 Å². The summed E-state index contributed by atoms with van der Waals surface area (Å²) in [6, 6.07) is 0. The van der Waals surface area contributed by atoms with Gasteiger partial charge >= 0.3 is 0 Å². The quantitative estimate of drug-likeness (QED) is 0.495. The first-order valence-electron chi connectivity index (χ1n) is 9.76. The normalized spacial score (nSPS) is 11.3. The van der Waals surface area contributed by atoms with E-state index in [9.17, 15) is 4.79 Å². The van der Waals surface area contributed by atoms with Crippen LogP contribution in [0.1, 0.15) is 77.8 Å². The molecule has 24 heavy (non-hydrogen) atoms. The standard InChI is InChI=1S/C19H36N4O/c1-4-20-14-11-15-23-16-18(21-22-23)12-9-7-5-6-8-10-13-19(24)17(2)3/h16-17,20H,4-15H2,1-3H3. The smallest absolute Gasteiger partial charge is 0.135 e. The SMILES string of the molecule is CCNCCCn1cc(CCCCCCCCC(=O)C(C)C)nn1. The van der Waals surface area contributed by atoms with Gasteiger partial charge in [0.05, 0.1) is 5.69 Å². The maximum absolute atomic E-state index is 11.5. The van der Waals surface area contributed by atoms with Crippen LogP contribution in [-0.2, 0) is 17.8 Å². The van der Waals surface area contributed by atoms with E-state index in [4.69, 9.17) is 0 Å². The first kappa shape index (κ1) is 20.8. The molecule has 1 rings (SSSR count). The molecule has 0 aliphatic carbocycles. The number of carbonyl (C=O) groups excluding carboxylic acids is 1. The summed E-state index contributed by atoms with van der Waals surface area (Å²) in [7, 11) is 0. The second kappa shape index (κ2) is 13.1. The van der Waals surface area contributed by atoms with Gasteiger partial charge in [-0.3, -0.25) is 9.48 Å². The third kappa shape index (κ3) is 9.81. The summed E-state index contributed by atoms with van der Waals surface area (Å²) in [6.45, 7) is 9.10. The van der Waals surface area contributed by atoms with E-state index >= 15 is 0 Å². The molecular weight excluding hydrogens is 300 g/mol. The first-order chi connectivity index (χ1) is 11.6. The van der Waals surface area contributed by atoms with Gasteiger partial charge in [-0.1, -0.05) is 51.7 Å². The average Bonchev–Trinajstić information content (AvgIpc) is 3.01. The summed E-state index contributed by atoms with van der Waals surface area (Å²) in [5.41, 5.74) is 1.11. The largest absolute Gasteiger partial charge is 0.317 e. The number of nitrogens with zero attached hydrogens (tertiary/aromatic N) is 3. The zero-order valence-electron chi connectivity index (χ0n) is 15.9. The fraction of sp³-hybridized carbons (Fsp3) is 0.842. The van der Waals surface area contributed by atoms with Crippen LogP contribution in [0.2, 0.25) is 0 Å². The lowest BCUT2D eigenvalue weighted by atomic mass is 10.0. The minimum Gasteiger partial charge on any atom is -0.317 e. The summed E-state index contributed by atoms with van der Waals surface area (Å²) < 4.78 is 1.96. The van der Waals surface area contributed by atoms with Crippen LogP contribution in [0, 0.1) is 5.92 Å². The van der Waals surface area contributed by atoms with Gasteiger partial charge in [-0.2, -0.15) is 0 Å². The second-order valence-corrected chi connectivity index (χ2v) is 6.92. The highest BCUT2D eigenvalue weighted by molar-refractivity contribution is 5.80. The summed E-state index contributed by atoms with van der Waals surface area (Å²) in [6.07, 6.45) is 12.1. The minimum atomic E-state index is 0.196. The van der Waals surface area contributed by atoms with Crippen molar-refractivity contribution in [1.82, 2.24) is 20.3 Å². The highest BCUT2D eigenvalue weighted by atomic mass is 16.1. The van der Waals surface area contributed by atoms with Crippen LogP contribution in [0.3, 0.4) is 0 Å². The van der Waals surface area contributed by atoms with E-state index in [-0.39, 0.29) is 5.92 Å². The Bertz CT molecular complexity index is 442. The van der Waals surface area contributed by atoms with Gasteiger partial charge in [0, 0.05) is 25.1 Å². The molecular formula is C19H36N4O. The van der Waals surface area contributed by atoms with Crippen LogP contribution >= 0.6 is 0 Å². The fourth-order valence-corrected chi connectivity index (χ4v) is 2.71. The van der Waals surface area contributed by atoms with E-state index in [0.29, 0.717) is 5.78 Å². The lowest BCUT2D eigenvalue weighted by Crippen LogP contribution is -2.16. The van der Waals surface area contributed by atoms with E-state index in [1.807, 2.05) is 18.5 Å². The Hall–Kier alpha value is -1.23. The number of ketones is 1. The molecule has 0 unspecified atom stereocenters. The van der Waals surface area contributed by atoms with Gasteiger partial charge in [-0.15, -0.1) is 5.10 Å². The van der Waals surface area contributed by atoms with Crippen molar-refractivity contribution < 1.29 is 4.79 Å². The molecule has 0 aliphatic rings. The number of aryl methyl sites for hydroxylation is 2. The molecule has 5 heteroatoms. The highest BCUT2D eigenvalue weighted by Gasteiger charge is 2.06. The number of hydrogen-bond acceptors (Lipinski definition) is 4. The summed E-state index contributed by atoms with van der Waals surface area (Å²) in [5, 5.41) is 11.8. The van der Waals surface area contributed by atoms with Gasteiger partial charge < -0.3 is 5.32 Å². The number of rotatable bonds is 15. The maximum Gasteiger partial charge on any atom is 0.135 e. The van der Waals surface area contributed by atoms with Gasteiger partial charge in [0.25, 0.3) is 0 Å². The Morgan fingerprint density at radius 2 is 1.83 bits per heavy atom. The van der Waals surface area contributed by atoms with Crippen LogP contribution in [0.5, 0.6) is 0 Å². The molecule has 1 N–H and O–H groups in total. The van der Waals surface area contributed by atoms with Crippen LogP contribution in [0.25, 0.3) is 0 Å². The molecule has 0 aliphatic heterocycles. The van der Waals surface area contributed by atoms with Crippen LogP contribution < -0.4 is 5.32 Å². The van der Waals surface area contributed by atoms with Crippen molar-refractivity contribution in [2.45, 2.75) is 85.1 Å². The van der Waals surface area contributed by atoms with Gasteiger partial charge in [-0.25, -0.2) is 0 Å². The van der Waals surface area contributed by atoms with Gasteiger partial charge in [0.1, 0.15) is 5.78 Å². The van der Waals surface area contributed by atoms with E-state index in [1.54, 1.807) is 0 Å². The second-order valence-electron chi connectivity index (χ2n) is 6.92. The number of Topliss-reactive ketones (excluding diaryl/α,β-unsaturated/α-hetero) is 1. The maximum atomic E-state index is 11.5. The molecule has 5 nitrogen and oxygen atoms in total. The zero-order chi connectivity index (χ0) is 17.6. The molecule has 1 heterocycles. The first-order valence-corrected chi connectivity index (χ1v) is 9.76. The Balaban J connectivity index is 1.97. The third-order valence-electron chi connectivity index (χ3n) is 4.33. The molecule has 0 amide bonds. The zero-order valence-corrected chi connectivity index (χ0v) is 15.9. The van der Waals surface area contributed by atoms with Crippen molar-refractivity contribution in [2.24, 2.45) is 5.92 Å². The van der Waals surface area contributed by atoms with Gasteiger partial charge in [0.15, 0.2) is 0 Å². The van der Waals surface area contributed by atoms with Crippen LogP contribution in [0.4, 0.5) is 0 Å². The Morgan fingerprint density at radius 3 is 2.54 bits per heavy atom. The molecule has 0 saturated heterocycles. The van der Waals surface area contributed by atoms with Crippen LogP contribution in [-0.4, -0.2) is 33.9 Å².